The molecule has 206 valence electrons. The van der Waals surface area contributed by atoms with Gasteiger partial charge in [-0.1, -0.05) is 44.9 Å². The summed E-state index contributed by atoms with van der Waals surface area (Å²) in [6.45, 7) is 7.28. The number of furan rings is 1. The molecular formula is C30H26BrClN2O5S. The third kappa shape index (κ3) is 5.33. The zero-order valence-corrected chi connectivity index (χ0v) is 25.6. The highest BCUT2D eigenvalue weighted by Crippen LogP contribution is 2.37. The molecule has 0 saturated carbocycles. The van der Waals surface area contributed by atoms with Gasteiger partial charge < -0.3 is 13.9 Å². The smallest absolute Gasteiger partial charge is 0.338 e. The zero-order chi connectivity index (χ0) is 28.7. The van der Waals surface area contributed by atoms with E-state index in [9.17, 15) is 9.59 Å². The number of hydrogen-bond acceptors (Lipinski definition) is 7. The Morgan fingerprint density at radius 2 is 1.95 bits per heavy atom. The van der Waals surface area contributed by atoms with E-state index >= 15 is 0 Å². The van der Waals surface area contributed by atoms with Crippen LogP contribution in [0, 0.1) is 6.92 Å². The first-order valence-corrected chi connectivity index (χ1v) is 14.5. The van der Waals surface area contributed by atoms with E-state index in [1.165, 1.54) is 15.9 Å². The maximum absolute atomic E-state index is 14.0. The number of hydrogen-bond donors (Lipinski definition) is 0. The third-order valence-electron chi connectivity index (χ3n) is 6.44. The standard InChI is InChI=1S/C30H26BrClN2O5S/c1-15(2)38-29(36)26-17(4)33-30-34(27(26)22-12-18(31)7-10-23(22)37-5)28(35)25(40-30)14-20-9-11-24(39-20)21-13-19(32)8-6-16(21)3/h6-15,27H,1-5H3/b25-14-/t27-/m1/s1. The Morgan fingerprint density at radius 3 is 2.67 bits per heavy atom. The van der Waals surface area contributed by atoms with Crippen molar-refractivity contribution in [2.45, 2.75) is 39.8 Å². The van der Waals surface area contributed by atoms with E-state index in [2.05, 4.69) is 20.9 Å². The number of thiazole rings is 1. The van der Waals surface area contributed by atoms with Crippen molar-refractivity contribution in [1.29, 1.82) is 0 Å². The van der Waals surface area contributed by atoms with Gasteiger partial charge in [0.2, 0.25) is 0 Å². The first-order chi connectivity index (χ1) is 19.1. The summed E-state index contributed by atoms with van der Waals surface area (Å²) < 4.78 is 20.0. The van der Waals surface area contributed by atoms with Crippen LogP contribution in [0.25, 0.3) is 17.4 Å². The SMILES string of the molecule is COc1ccc(Br)cc1[C@@H]1C(C(=O)OC(C)C)=C(C)N=c2s/c(=C\c3ccc(-c4cc(Cl)ccc4C)o3)c(=O)n21. The molecule has 0 saturated heterocycles. The fourth-order valence-corrected chi connectivity index (χ4v) is 6.21. The molecule has 40 heavy (non-hydrogen) atoms. The molecule has 1 aliphatic heterocycles. The largest absolute Gasteiger partial charge is 0.496 e. The summed E-state index contributed by atoms with van der Waals surface area (Å²) in [4.78, 5) is 32.4. The van der Waals surface area contributed by atoms with Gasteiger partial charge in [0.25, 0.3) is 5.56 Å². The fraction of sp³-hybridized carbons (Fsp3) is 0.233. The molecule has 0 unspecified atom stereocenters. The van der Waals surface area contributed by atoms with Gasteiger partial charge in [0.15, 0.2) is 4.80 Å². The molecule has 1 aliphatic rings. The second kappa shape index (κ2) is 11.2. The molecule has 2 aromatic carbocycles. The maximum Gasteiger partial charge on any atom is 0.338 e. The van der Waals surface area contributed by atoms with Crippen molar-refractivity contribution >= 4 is 50.9 Å². The molecule has 0 radical (unpaired) electrons. The van der Waals surface area contributed by atoms with E-state index < -0.39 is 12.0 Å². The Labute approximate surface area is 248 Å². The van der Waals surface area contributed by atoms with Crippen LogP contribution in [0.15, 0.2) is 78.5 Å². The van der Waals surface area contributed by atoms with Gasteiger partial charge >= 0.3 is 5.97 Å². The number of esters is 1. The summed E-state index contributed by atoms with van der Waals surface area (Å²) in [5.74, 6) is 1.14. The number of carbonyl (C=O) groups is 1. The van der Waals surface area contributed by atoms with Crippen molar-refractivity contribution < 1.29 is 18.7 Å². The zero-order valence-electron chi connectivity index (χ0n) is 22.5. The minimum atomic E-state index is -0.807. The van der Waals surface area contributed by atoms with Crippen LogP contribution in [0.1, 0.15) is 43.7 Å². The number of nitrogens with zero attached hydrogens (tertiary/aromatic N) is 2. The molecule has 0 bridgehead atoms. The molecule has 0 aliphatic carbocycles. The van der Waals surface area contributed by atoms with Crippen LogP contribution in [-0.4, -0.2) is 23.8 Å². The number of rotatable bonds is 6. The number of aryl methyl sites for hydroxylation is 1. The lowest BCUT2D eigenvalue weighted by Crippen LogP contribution is -2.40. The average molecular weight is 642 g/mol. The molecule has 1 atom stereocenters. The van der Waals surface area contributed by atoms with E-state index in [0.717, 1.165) is 15.6 Å². The van der Waals surface area contributed by atoms with E-state index in [1.54, 1.807) is 46.1 Å². The summed E-state index contributed by atoms with van der Waals surface area (Å²) in [7, 11) is 1.55. The molecule has 5 rings (SSSR count). The van der Waals surface area contributed by atoms with Gasteiger partial charge in [-0.25, -0.2) is 9.79 Å². The van der Waals surface area contributed by atoms with Crippen LogP contribution in [0.2, 0.25) is 5.02 Å². The van der Waals surface area contributed by atoms with Crippen LogP contribution in [0.3, 0.4) is 0 Å². The van der Waals surface area contributed by atoms with Crippen LogP contribution in [0.4, 0.5) is 0 Å². The van der Waals surface area contributed by atoms with E-state index in [1.807, 2.05) is 43.3 Å². The van der Waals surface area contributed by atoms with Gasteiger partial charge in [-0.3, -0.25) is 9.36 Å². The molecule has 3 heterocycles. The van der Waals surface area contributed by atoms with Crippen LogP contribution in [0.5, 0.6) is 5.75 Å². The predicted molar refractivity (Wildman–Crippen MR) is 160 cm³/mol. The molecule has 0 fully saturated rings. The topological polar surface area (TPSA) is 83.0 Å². The number of fused-ring (bicyclic) bond motifs is 1. The Balaban J connectivity index is 1.68. The van der Waals surface area contributed by atoms with Gasteiger partial charge in [0, 0.05) is 26.7 Å². The van der Waals surface area contributed by atoms with Crippen molar-refractivity contribution in [1.82, 2.24) is 4.57 Å². The van der Waals surface area contributed by atoms with Gasteiger partial charge in [0.05, 0.1) is 29.0 Å². The normalized spacial score (nSPS) is 15.3. The molecular weight excluding hydrogens is 616 g/mol. The summed E-state index contributed by atoms with van der Waals surface area (Å²) in [6, 6.07) is 13.9. The number of carbonyl (C=O) groups excluding carboxylic acids is 1. The number of ether oxygens (including phenoxy) is 2. The third-order valence-corrected chi connectivity index (χ3v) is 8.15. The maximum atomic E-state index is 14.0. The van der Waals surface area contributed by atoms with Crippen LogP contribution in [-0.2, 0) is 9.53 Å². The molecule has 4 aromatic rings. The lowest BCUT2D eigenvalue weighted by Gasteiger charge is -2.26. The minimum absolute atomic E-state index is 0.278. The van der Waals surface area contributed by atoms with Crippen LogP contribution < -0.4 is 19.6 Å². The molecule has 0 amide bonds. The lowest BCUT2D eigenvalue weighted by atomic mass is 9.95. The van der Waals surface area contributed by atoms with Gasteiger partial charge in [0.1, 0.15) is 23.3 Å². The molecule has 0 N–H and O–H groups in total. The first kappa shape index (κ1) is 28.1. The highest BCUT2D eigenvalue weighted by molar-refractivity contribution is 9.10. The molecule has 7 nitrogen and oxygen atoms in total. The van der Waals surface area contributed by atoms with Crippen molar-refractivity contribution in [3.05, 3.63) is 106 Å². The number of methoxy groups -OCH3 is 1. The summed E-state index contributed by atoms with van der Waals surface area (Å²) in [5.41, 5.74) is 2.97. The number of benzene rings is 2. The van der Waals surface area contributed by atoms with E-state index in [0.29, 0.717) is 42.9 Å². The first-order valence-electron chi connectivity index (χ1n) is 12.5. The van der Waals surface area contributed by atoms with Gasteiger partial charge in [-0.2, -0.15) is 0 Å². The number of allylic oxidation sites excluding steroid dienone is 1. The average Bonchev–Trinajstić information content (AvgIpc) is 3.48. The highest BCUT2D eigenvalue weighted by Gasteiger charge is 2.35. The Hall–Kier alpha value is -3.40. The second-order valence-electron chi connectivity index (χ2n) is 9.58. The second-order valence-corrected chi connectivity index (χ2v) is 11.9. The lowest BCUT2D eigenvalue weighted by molar-refractivity contribution is -0.143. The van der Waals surface area contributed by atoms with Crippen molar-refractivity contribution in [2.75, 3.05) is 7.11 Å². The quantitative estimate of drug-likeness (QED) is 0.235. The summed E-state index contributed by atoms with van der Waals surface area (Å²) >= 11 is 10.9. The highest BCUT2D eigenvalue weighted by atomic mass is 79.9. The monoisotopic (exact) mass is 640 g/mol. The summed E-state index contributed by atoms with van der Waals surface area (Å²) in [5, 5.41) is 0.608. The Morgan fingerprint density at radius 1 is 1.18 bits per heavy atom. The molecule has 0 spiro atoms. The minimum Gasteiger partial charge on any atom is -0.496 e. The van der Waals surface area contributed by atoms with Crippen LogP contribution >= 0.6 is 38.9 Å². The van der Waals surface area contributed by atoms with E-state index in [-0.39, 0.29) is 17.2 Å². The molecule has 10 heteroatoms. The van der Waals surface area contributed by atoms with Crippen molar-refractivity contribution in [3.63, 3.8) is 0 Å². The van der Waals surface area contributed by atoms with Crippen molar-refractivity contribution in [2.24, 2.45) is 4.99 Å². The van der Waals surface area contributed by atoms with E-state index in [4.69, 9.17) is 25.5 Å². The Kier molecular flexibility index (Phi) is 7.90. The van der Waals surface area contributed by atoms with Crippen molar-refractivity contribution in [3.8, 4) is 17.1 Å². The van der Waals surface area contributed by atoms with Gasteiger partial charge in [-0.05, 0) is 75.7 Å². The molecule has 2 aromatic heterocycles. The fourth-order valence-electron chi connectivity index (χ4n) is 4.64. The number of halogens is 2. The predicted octanol–water partition coefficient (Wildman–Crippen LogP) is 6.18. The Bertz CT molecular complexity index is 1850. The number of aromatic nitrogens is 1. The summed E-state index contributed by atoms with van der Waals surface area (Å²) in [6.07, 6.45) is 1.34. The van der Waals surface area contributed by atoms with Gasteiger partial charge in [-0.15, -0.1) is 0 Å².